The van der Waals surface area contributed by atoms with Crippen LogP contribution in [0.4, 0.5) is 17.5 Å². The van der Waals surface area contributed by atoms with Crippen LogP contribution in [0, 0.1) is 0 Å². The van der Waals surface area contributed by atoms with E-state index in [9.17, 15) is 9.90 Å². The summed E-state index contributed by atoms with van der Waals surface area (Å²) in [6.07, 6.45) is 0. The van der Waals surface area contributed by atoms with Crippen LogP contribution in [0.5, 0.6) is 5.75 Å². The maximum atomic E-state index is 11.8. The normalized spacial score (nSPS) is 10.8. The number of nitrogens with zero attached hydrogens (tertiary/aromatic N) is 3. The highest BCUT2D eigenvalue weighted by Gasteiger charge is 2.18. The van der Waals surface area contributed by atoms with Crippen LogP contribution in [-0.2, 0) is 13.1 Å². The molecule has 0 aliphatic heterocycles. The number of hydrogen-bond acceptors (Lipinski definition) is 7. The van der Waals surface area contributed by atoms with E-state index in [1.807, 2.05) is 103 Å². The predicted octanol–water partition coefficient (Wildman–Crippen LogP) is 8.44. The molecule has 0 radical (unpaired) electrons. The van der Waals surface area contributed by atoms with Crippen molar-refractivity contribution in [2.45, 2.75) is 22.9 Å². The van der Waals surface area contributed by atoms with E-state index < -0.39 is 5.97 Å². The third-order valence-corrected chi connectivity index (χ3v) is 8.35. The van der Waals surface area contributed by atoms with E-state index in [-0.39, 0.29) is 5.56 Å². The molecule has 44 heavy (non-hydrogen) atoms. The van der Waals surface area contributed by atoms with Gasteiger partial charge in [-0.2, -0.15) is 4.98 Å². The monoisotopic (exact) mass is 598 g/mol. The van der Waals surface area contributed by atoms with Crippen LogP contribution in [0.15, 0.2) is 137 Å². The first-order chi connectivity index (χ1) is 21.6. The van der Waals surface area contributed by atoms with Gasteiger partial charge in [-0.1, -0.05) is 84.6 Å². The Labute approximate surface area is 260 Å². The molecule has 0 aliphatic carbocycles. The molecule has 7 nitrogen and oxygen atoms in total. The van der Waals surface area contributed by atoms with Crippen LogP contribution >= 0.6 is 11.8 Å². The Balaban J connectivity index is 1.35. The average Bonchev–Trinajstić information content (AvgIpc) is 3.07. The largest absolute Gasteiger partial charge is 0.497 e. The van der Waals surface area contributed by atoms with Gasteiger partial charge in [-0.05, 0) is 65.7 Å². The molecule has 0 bridgehead atoms. The highest BCUT2D eigenvalue weighted by molar-refractivity contribution is 7.99. The Morgan fingerprint density at radius 3 is 2.25 bits per heavy atom. The first-order valence-corrected chi connectivity index (χ1v) is 14.9. The maximum absolute atomic E-state index is 11.8. The smallest absolute Gasteiger partial charge is 0.336 e. The zero-order chi connectivity index (χ0) is 30.3. The second-order valence-corrected chi connectivity index (χ2v) is 11.1. The summed E-state index contributed by atoms with van der Waals surface area (Å²) in [5, 5.41) is 14.1. The fraction of sp³-hybridized carbons (Fsp3) is 0.0833. The Morgan fingerprint density at radius 1 is 0.795 bits per heavy atom. The molecule has 5 aromatic carbocycles. The molecule has 8 heteroatoms. The topological polar surface area (TPSA) is 87.6 Å². The molecule has 6 rings (SSSR count). The summed E-state index contributed by atoms with van der Waals surface area (Å²) in [4.78, 5) is 25.6. The lowest BCUT2D eigenvalue weighted by molar-refractivity contribution is 0.0693. The molecule has 0 unspecified atom stereocenters. The Kier molecular flexibility index (Phi) is 8.70. The number of hydrogen-bond donors (Lipinski definition) is 2. The van der Waals surface area contributed by atoms with Crippen LogP contribution in [0.25, 0.3) is 10.9 Å². The number of benzene rings is 5. The number of aromatic carboxylic acids is 1. The van der Waals surface area contributed by atoms with Crippen molar-refractivity contribution in [1.82, 2.24) is 9.97 Å². The third kappa shape index (κ3) is 6.50. The van der Waals surface area contributed by atoms with Gasteiger partial charge in [0.1, 0.15) is 11.6 Å². The van der Waals surface area contributed by atoms with Gasteiger partial charge in [-0.25, -0.2) is 9.78 Å². The van der Waals surface area contributed by atoms with E-state index in [0.717, 1.165) is 44.2 Å². The third-order valence-electron chi connectivity index (χ3n) is 7.15. The van der Waals surface area contributed by atoms with E-state index >= 15 is 0 Å². The number of anilines is 3. The first-order valence-electron chi connectivity index (χ1n) is 14.1. The zero-order valence-corrected chi connectivity index (χ0v) is 24.9. The predicted molar refractivity (Wildman–Crippen MR) is 176 cm³/mol. The van der Waals surface area contributed by atoms with Crippen LogP contribution in [-0.4, -0.2) is 28.2 Å². The second kappa shape index (κ2) is 13.3. The Bertz CT molecular complexity index is 1900. The Morgan fingerprint density at radius 2 is 1.48 bits per heavy atom. The molecule has 6 aromatic rings. The van der Waals surface area contributed by atoms with Crippen molar-refractivity contribution in [3.05, 3.63) is 144 Å². The molecule has 2 N–H and O–H groups in total. The Hall–Kier alpha value is -5.34. The van der Waals surface area contributed by atoms with Gasteiger partial charge in [0.2, 0.25) is 5.95 Å². The summed E-state index contributed by atoms with van der Waals surface area (Å²) in [7, 11) is 1.66. The van der Waals surface area contributed by atoms with Crippen LogP contribution in [0.3, 0.4) is 0 Å². The minimum absolute atomic E-state index is 0.278. The molecular formula is C36H30N4O3S. The lowest BCUT2D eigenvalue weighted by Crippen LogP contribution is -2.19. The number of para-hydroxylation sites is 1. The maximum Gasteiger partial charge on any atom is 0.336 e. The number of carbonyl (C=O) groups is 1. The molecule has 0 saturated carbocycles. The van der Waals surface area contributed by atoms with Crippen molar-refractivity contribution in [3.8, 4) is 5.75 Å². The second-order valence-electron chi connectivity index (χ2n) is 10.0. The number of nitrogens with one attached hydrogen (secondary N) is 1. The molecule has 0 amide bonds. The van der Waals surface area contributed by atoms with Crippen LogP contribution in [0.1, 0.15) is 21.5 Å². The van der Waals surface area contributed by atoms with E-state index in [4.69, 9.17) is 14.7 Å². The zero-order valence-electron chi connectivity index (χ0n) is 24.1. The summed E-state index contributed by atoms with van der Waals surface area (Å²) >= 11 is 1.44. The average molecular weight is 599 g/mol. The number of carboxylic acids is 1. The van der Waals surface area contributed by atoms with Crippen molar-refractivity contribution in [2.24, 2.45) is 0 Å². The molecule has 0 saturated heterocycles. The van der Waals surface area contributed by atoms with E-state index in [2.05, 4.69) is 22.3 Å². The first kappa shape index (κ1) is 28.8. The van der Waals surface area contributed by atoms with E-state index in [1.165, 1.54) is 11.8 Å². The van der Waals surface area contributed by atoms with Crippen LogP contribution in [0.2, 0.25) is 0 Å². The van der Waals surface area contributed by atoms with Gasteiger partial charge >= 0.3 is 5.97 Å². The van der Waals surface area contributed by atoms with Gasteiger partial charge < -0.3 is 20.1 Å². The molecule has 0 fully saturated rings. The van der Waals surface area contributed by atoms with Gasteiger partial charge in [-0.15, -0.1) is 0 Å². The quantitative estimate of drug-likeness (QED) is 0.154. The van der Waals surface area contributed by atoms with Crippen LogP contribution < -0.4 is 15.0 Å². The molecule has 1 heterocycles. The van der Waals surface area contributed by atoms with Gasteiger partial charge in [0, 0.05) is 34.0 Å². The number of aromatic nitrogens is 2. The van der Waals surface area contributed by atoms with Gasteiger partial charge in [0.25, 0.3) is 0 Å². The summed E-state index contributed by atoms with van der Waals surface area (Å²) in [6.45, 7) is 1.06. The highest BCUT2D eigenvalue weighted by atomic mass is 32.2. The number of carboxylic acid groups (broad SMARTS) is 1. The summed E-state index contributed by atoms with van der Waals surface area (Å²) in [5.41, 5.74) is 4.23. The minimum Gasteiger partial charge on any atom is -0.497 e. The number of rotatable bonds is 11. The lowest BCUT2D eigenvalue weighted by atomic mass is 10.1. The highest BCUT2D eigenvalue weighted by Crippen LogP contribution is 2.35. The molecule has 0 spiro atoms. The standard InChI is InChI=1S/C36H30N4O3S/c1-43-28-21-19-27(20-22-28)40(24-25-11-3-2-4-12-25)34-29-14-6-8-16-31(29)38-36(39-34)37-23-26-13-5-9-17-32(26)44-33-18-10-7-15-30(33)35(41)42/h2-22H,23-24H2,1H3,(H,41,42)(H,37,38,39). The summed E-state index contributed by atoms with van der Waals surface area (Å²) in [6, 6.07) is 41.3. The SMILES string of the molecule is COc1ccc(N(Cc2ccccc2)c2nc(NCc3ccccc3Sc3ccccc3C(=O)O)nc3ccccc23)cc1. The number of methoxy groups -OCH3 is 1. The minimum atomic E-state index is -0.947. The van der Waals surface area contributed by atoms with Gasteiger partial charge in [-0.3, -0.25) is 0 Å². The fourth-order valence-corrected chi connectivity index (χ4v) is 6.00. The molecule has 218 valence electrons. The molecule has 0 atom stereocenters. The van der Waals surface area contributed by atoms with Crippen molar-refractivity contribution < 1.29 is 14.6 Å². The summed E-state index contributed by atoms with van der Waals surface area (Å²) < 4.78 is 5.42. The number of ether oxygens (including phenoxy) is 1. The molecular weight excluding hydrogens is 568 g/mol. The van der Waals surface area contributed by atoms with Gasteiger partial charge in [0.05, 0.1) is 18.2 Å². The lowest BCUT2D eigenvalue weighted by Gasteiger charge is -2.26. The van der Waals surface area contributed by atoms with Crippen molar-refractivity contribution in [3.63, 3.8) is 0 Å². The number of fused-ring (bicyclic) bond motifs is 1. The fourth-order valence-electron chi connectivity index (χ4n) is 4.94. The summed E-state index contributed by atoms with van der Waals surface area (Å²) in [5.74, 6) is 1.12. The van der Waals surface area contributed by atoms with Gasteiger partial charge in [0.15, 0.2) is 0 Å². The van der Waals surface area contributed by atoms with E-state index in [0.29, 0.717) is 23.9 Å². The van der Waals surface area contributed by atoms with Crippen molar-refractivity contribution in [2.75, 3.05) is 17.3 Å². The van der Waals surface area contributed by atoms with Crippen molar-refractivity contribution in [1.29, 1.82) is 0 Å². The molecule has 1 aromatic heterocycles. The van der Waals surface area contributed by atoms with Crippen molar-refractivity contribution >= 4 is 46.1 Å². The van der Waals surface area contributed by atoms with E-state index in [1.54, 1.807) is 19.2 Å². The molecule has 0 aliphatic rings.